The molecule has 0 aliphatic carbocycles. The van der Waals surface area contributed by atoms with E-state index in [0.717, 1.165) is 25.9 Å². The van der Waals surface area contributed by atoms with Gasteiger partial charge in [-0.2, -0.15) is 12.6 Å². The highest BCUT2D eigenvalue weighted by atomic mass is 32.1. The van der Waals surface area contributed by atoms with E-state index in [1.165, 1.54) is 0 Å². The minimum Gasteiger partial charge on any atom is -0.459 e. The Morgan fingerprint density at radius 2 is 2.00 bits per heavy atom. The number of piperidine rings is 1. The molecule has 3 nitrogen and oxygen atoms in total. The van der Waals surface area contributed by atoms with E-state index in [-0.39, 0.29) is 11.6 Å². The van der Waals surface area contributed by atoms with Crippen LogP contribution in [0, 0.1) is 5.92 Å². The normalized spacial score (nSPS) is 19.8. The van der Waals surface area contributed by atoms with E-state index < -0.39 is 0 Å². The van der Waals surface area contributed by atoms with E-state index in [0.29, 0.717) is 18.1 Å². The number of thiol groups is 1. The van der Waals surface area contributed by atoms with Crippen molar-refractivity contribution in [2.24, 2.45) is 5.92 Å². The van der Waals surface area contributed by atoms with E-state index >= 15 is 0 Å². The molecule has 16 heavy (non-hydrogen) atoms. The zero-order valence-electron chi connectivity index (χ0n) is 10.5. The molecule has 1 aliphatic heterocycles. The second-order valence-electron chi connectivity index (χ2n) is 5.13. The maximum Gasteiger partial charge on any atom is 0.307 e. The van der Waals surface area contributed by atoms with Crippen LogP contribution in [-0.2, 0) is 9.53 Å². The van der Waals surface area contributed by atoms with Crippen LogP contribution in [-0.4, -0.2) is 42.4 Å². The zero-order valence-corrected chi connectivity index (χ0v) is 11.4. The molecule has 1 heterocycles. The largest absolute Gasteiger partial charge is 0.459 e. The van der Waals surface area contributed by atoms with Crippen molar-refractivity contribution in [2.45, 2.75) is 38.7 Å². The van der Waals surface area contributed by atoms with Gasteiger partial charge in [0.05, 0.1) is 6.42 Å². The number of rotatable bonds is 4. The smallest absolute Gasteiger partial charge is 0.307 e. The third-order valence-corrected chi connectivity index (χ3v) is 3.62. The summed E-state index contributed by atoms with van der Waals surface area (Å²) < 4.78 is 5.55. The van der Waals surface area contributed by atoms with Crippen LogP contribution >= 0.6 is 12.6 Å². The SMILES string of the molecule is CN1CCC(C(C)(C)OC(=O)CCS)CC1. The van der Waals surface area contributed by atoms with E-state index in [1.54, 1.807) is 0 Å². The first kappa shape index (κ1) is 13.8. The van der Waals surface area contributed by atoms with Crippen molar-refractivity contribution < 1.29 is 9.53 Å². The van der Waals surface area contributed by atoms with E-state index in [1.807, 2.05) is 13.8 Å². The molecule has 94 valence electrons. The number of esters is 1. The highest BCUT2D eigenvalue weighted by molar-refractivity contribution is 7.80. The topological polar surface area (TPSA) is 29.5 Å². The van der Waals surface area contributed by atoms with Crippen LogP contribution in [0.1, 0.15) is 33.1 Å². The van der Waals surface area contributed by atoms with Crippen molar-refractivity contribution in [2.75, 3.05) is 25.9 Å². The lowest BCUT2D eigenvalue weighted by Gasteiger charge is -2.39. The second-order valence-corrected chi connectivity index (χ2v) is 5.58. The van der Waals surface area contributed by atoms with Crippen molar-refractivity contribution >= 4 is 18.6 Å². The van der Waals surface area contributed by atoms with Crippen molar-refractivity contribution in [3.05, 3.63) is 0 Å². The second kappa shape index (κ2) is 5.92. The van der Waals surface area contributed by atoms with E-state index in [9.17, 15) is 4.79 Å². The lowest BCUT2D eigenvalue weighted by Crippen LogP contribution is -2.43. The van der Waals surface area contributed by atoms with Crippen LogP contribution in [0.25, 0.3) is 0 Å². The van der Waals surface area contributed by atoms with Gasteiger partial charge in [0.2, 0.25) is 0 Å². The molecule has 0 saturated carbocycles. The fourth-order valence-corrected chi connectivity index (χ4v) is 2.41. The summed E-state index contributed by atoms with van der Waals surface area (Å²) >= 11 is 4.04. The Balaban J connectivity index is 2.46. The molecule has 1 fully saturated rings. The maximum absolute atomic E-state index is 11.5. The Morgan fingerprint density at radius 1 is 1.44 bits per heavy atom. The molecule has 0 bridgehead atoms. The first-order chi connectivity index (χ1) is 7.45. The molecule has 1 saturated heterocycles. The minimum absolute atomic E-state index is 0.126. The summed E-state index contributed by atoms with van der Waals surface area (Å²) in [6.45, 7) is 6.25. The summed E-state index contributed by atoms with van der Waals surface area (Å²) in [5.41, 5.74) is -0.332. The van der Waals surface area contributed by atoms with Gasteiger partial charge < -0.3 is 9.64 Å². The Bertz CT molecular complexity index is 235. The Labute approximate surface area is 104 Å². The van der Waals surface area contributed by atoms with Crippen LogP contribution in [0.3, 0.4) is 0 Å². The number of carbonyl (C=O) groups is 1. The summed E-state index contributed by atoms with van der Waals surface area (Å²) in [7, 11) is 2.14. The molecule has 1 aliphatic rings. The molecule has 0 radical (unpaired) electrons. The molecular formula is C12H23NO2S. The Kier molecular flexibility index (Phi) is 5.12. The molecule has 0 amide bonds. The van der Waals surface area contributed by atoms with E-state index in [2.05, 4.69) is 24.6 Å². The average molecular weight is 245 g/mol. The number of ether oxygens (including phenoxy) is 1. The van der Waals surface area contributed by atoms with Gasteiger partial charge in [-0.05, 0) is 46.8 Å². The molecule has 4 heteroatoms. The fourth-order valence-electron chi connectivity index (χ4n) is 2.22. The van der Waals surface area contributed by atoms with Gasteiger partial charge in [-0.1, -0.05) is 0 Å². The van der Waals surface area contributed by atoms with Gasteiger partial charge >= 0.3 is 5.97 Å². The molecule has 0 atom stereocenters. The quantitative estimate of drug-likeness (QED) is 0.606. The maximum atomic E-state index is 11.5. The highest BCUT2D eigenvalue weighted by Crippen LogP contribution is 2.30. The molecule has 0 unspecified atom stereocenters. The van der Waals surface area contributed by atoms with Gasteiger partial charge in [-0.15, -0.1) is 0 Å². The van der Waals surface area contributed by atoms with Gasteiger partial charge in [0, 0.05) is 11.7 Å². The van der Waals surface area contributed by atoms with E-state index in [4.69, 9.17) is 4.74 Å². The fraction of sp³-hybridized carbons (Fsp3) is 0.917. The predicted molar refractivity (Wildman–Crippen MR) is 68.9 cm³/mol. The molecule has 0 aromatic heterocycles. The van der Waals surface area contributed by atoms with Gasteiger partial charge in [0.15, 0.2) is 0 Å². The molecule has 0 N–H and O–H groups in total. The van der Waals surface area contributed by atoms with Crippen molar-refractivity contribution in [1.82, 2.24) is 4.90 Å². The zero-order chi connectivity index (χ0) is 12.2. The summed E-state index contributed by atoms with van der Waals surface area (Å²) in [5.74, 6) is 0.911. The highest BCUT2D eigenvalue weighted by Gasteiger charge is 2.34. The van der Waals surface area contributed by atoms with Crippen molar-refractivity contribution in [3.8, 4) is 0 Å². The monoisotopic (exact) mass is 245 g/mol. The minimum atomic E-state index is -0.332. The molecule has 1 rings (SSSR count). The van der Waals surface area contributed by atoms with Crippen LogP contribution in [0.2, 0.25) is 0 Å². The summed E-state index contributed by atoms with van der Waals surface area (Å²) in [6.07, 6.45) is 2.62. The first-order valence-electron chi connectivity index (χ1n) is 5.97. The Morgan fingerprint density at radius 3 is 2.50 bits per heavy atom. The molecule has 0 aromatic rings. The van der Waals surface area contributed by atoms with Crippen molar-refractivity contribution in [3.63, 3.8) is 0 Å². The summed E-state index contributed by atoms with van der Waals surface area (Å²) in [4.78, 5) is 13.8. The van der Waals surface area contributed by atoms with Crippen LogP contribution < -0.4 is 0 Å². The lowest BCUT2D eigenvalue weighted by atomic mass is 9.83. The van der Waals surface area contributed by atoms with Gasteiger partial charge in [-0.3, -0.25) is 4.79 Å². The van der Waals surface area contributed by atoms with Gasteiger partial charge in [0.25, 0.3) is 0 Å². The molecule has 0 aromatic carbocycles. The molecular weight excluding hydrogens is 222 g/mol. The van der Waals surface area contributed by atoms with Crippen LogP contribution in [0.5, 0.6) is 0 Å². The number of likely N-dealkylation sites (tertiary alicyclic amines) is 1. The number of nitrogens with zero attached hydrogens (tertiary/aromatic N) is 1. The number of carbonyl (C=O) groups excluding carboxylic acids is 1. The molecule has 0 spiro atoms. The van der Waals surface area contributed by atoms with Gasteiger partial charge in [-0.25, -0.2) is 0 Å². The van der Waals surface area contributed by atoms with Crippen molar-refractivity contribution in [1.29, 1.82) is 0 Å². The predicted octanol–water partition coefficient (Wildman–Crippen LogP) is 1.97. The number of hydrogen-bond acceptors (Lipinski definition) is 4. The third kappa shape index (κ3) is 3.98. The third-order valence-electron chi connectivity index (χ3n) is 3.39. The number of hydrogen-bond donors (Lipinski definition) is 1. The van der Waals surface area contributed by atoms with Crippen LogP contribution in [0.4, 0.5) is 0 Å². The first-order valence-corrected chi connectivity index (χ1v) is 6.60. The average Bonchev–Trinajstić information content (AvgIpc) is 2.17. The van der Waals surface area contributed by atoms with Gasteiger partial charge in [0.1, 0.15) is 5.60 Å². The standard InChI is InChI=1S/C12H23NO2S/c1-12(2,15-11(14)6-9-16)10-4-7-13(3)8-5-10/h10,16H,4-9H2,1-3H3. The summed E-state index contributed by atoms with van der Waals surface area (Å²) in [5, 5.41) is 0. The van der Waals surface area contributed by atoms with Crippen LogP contribution in [0.15, 0.2) is 0 Å². The Hall–Kier alpha value is -0.220. The lowest BCUT2D eigenvalue weighted by molar-refractivity contribution is -0.162. The summed E-state index contributed by atoms with van der Waals surface area (Å²) in [6, 6.07) is 0.